The highest BCUT2D eigenvalue weighted by molar-refractivity contribution is 5.36. The molecule has 0 spiro atoms. The number of hydrogen-bond donors (Lipinski definition) is 2. The molecule has 0 radical (unpaired) electrons. The molecule has 4 unspecified atom stereocenters. The first kappa shape index (κ1) is 27.7. The molecular weight excluding hydrogens is 384 g/mol. The third kappa shape index (κ3) is 10.2. The van der Waals surface area contributed by atoms with E-state index in [1.54, 1.807) is 7.11 Å². The average Bonchev–Trinajstić information content (AvgIpc) is 2.70. The van der Waals surface area contributed by atoms with Crippen molar-refractivity contribution < 1.29 is 14.9 Å². The van der Waals surface area contributed by atoms with Gasteiger partial charge in [-0.3, -0.25) is 0 Å². The van der Waals surface area contributed by atoms with Gasteiger partial charge in [0.2, 0.25) is 0 Å². The van der Waals surface area contributed by atoms with E-state index in [1.807, 2.05) is 26.8 Å². The molecule has 0 saturated carbocycles. The molecular formula is C28H48O3. The fourth-order valence-corrected chi connectivity index (χ4v) is 4.39. The fraction of sp³-hybridized carbons (Fsp3) is 0.714. The molecule has 3 heteroatoms. The first-order valence-corrected chi connectivity index (χ1v) is 12.2. The van der Waals surface area contributed by atoms with E-state index in [2.05, 4.69) is 39.0 Å². The Bertz CT molecular complexity index is 651. The fourth-order valence-electron chi connectivity index (χ4n) is 4.39. The number of methoxy groups -OCH3 is 1. The van der Waals surface area contributed by atoms with Crippen molar-refractivity contribution >= 4 is 0 Å². The topological polar surface area (TPSA) is 49.7 Å². The Hall–Kier alpha value is -1.32. The molecule has 0 heterocycles. The van der Waals surface area contributed by atoms with Crippen LogP contribution in [0.5, 0.6) is 0 Å². The van der Waals surface area contributed by atoms with Crippen LogP contribution in [-0.2, 0) is 4.74 Å². The molecule has 0 amide bonds. The minimum atomic E-state index is -0.571. The van der Waals surface area contributed by atoms with Gasteiger partial charge in [0, 0.05) is 5.92 Å². The van der Waals surface area contributed by atoms with Crippen LogP contribution in [-0.4, -0.2) is 29.0 Å². The molecule has 178 valence electrons. The number of ether oxygens (including phenoxy) is 1. The summed E-state index contributed by atoms with van der Waals surface area (Å²) in [6.45, 7) is 12.6. The van der Waals surface area contributed by atoms with Gasteiger partial charge in [-0.05, 0) is 95.8 Å². The van der Waals surface area contributed by atoms with Crippen molar-refractivity contribution in [3.63, 3.8) is 0 Å². The molecule has 0 bridgehead atoms. The van der Waals surface area contributed by atoms with Crippen LogP contribution in [0.15, 0.2) is 46.8 Å². The summed E-state index contributed by atoms with van der Waals surface area (Å²) in [5.74, 6) is 1.66. The highest BCUT2D eigenvalue weighted by Gasteiger charge is 2.26. The summed E-state index contributed by atoms with van der Waals surface area (Å²) in [5, 5.41) is 21.0. The van der Waals surface area contributed by atoms with Crippen LogP contribution < -0.4 is 0 Å². The van der Waals surface area contributed by atoms with E-state index in [0.29, 0.717) is 5.92 Å². The molecule has 1 rings (SSSR count). The molecule has 0 aromatic carbocycles. The lowest BCUT2D eigenvalue weighted by Crippen LogP contribution is -2.24. The molecule has 1 aliphatic carbocycles. The third-order valence-electron chi connectivity index (χ3n) is 6.86. The maximum absolute atomic E-state index is 10.7. The van der Waals surface area contributed by atoms with Crippen LogP contribution in [0.1, 0.15) is 99.3 Å². The number of rotatable bonds is 14. The highest BCUT2D eigenvalue weighted by Crippen LogP contribution is 2.34. The Labute approximate surface area is 192 Å². The van der Waals surface area contributed by atoms with E-state index in [4.69, 9.17) is 4.74 Å². The van der Waals surface area contributed by atoms with E-state index >= 15 is 0 Å². The summed E-state index contributed by atoms with van der Waals surface area (Å²) in [7, 11) is 1.72. The second kappa shape index (κ2) is 14.0. The normalized spacial score (nSPS) is 23.1. The van der Waals surface area contributed by atoms with Crippen LogP contribution in [0, 0.1) is 11.8 Å². The standard InChI is InChI=1S/C28H48O3/c1-8-9-10-13-21(2)14-11-18-28(6,30)19-12-15-22(3)16-17-25-20-26(29)23(4)24(5)27(25)31-7/h8-9,13,20,22-23,26,29-30H,10-12,14-19H2,1-7H3/b9-8-,21-13+. The Balaban J connectivity index is 2.35. The van der Waals surface area contributed by atoms with Crippen molar-refractivity contribution in [2.45, 2.75) is 111 Å². The zero-order chi connectivity index (χ0) is 23.4. The van der Waals surface area contributed by atoms with Gasteiger partial charge in [0.25, 0.3) is 0 Å². The Morgan fingerprint density at radius 1 is 1.26 bits per heavy atom. The van der Waals surface area contributed by atoms with E-state index in [1.165, 1.54) is 5.57 Å². The molecule has 0 aliphatic heterocycles. The number of aliphatic hydroxyl groups is 2. The SMILES string of the molecule is C/C=C\C/C=C(\C)CCCC(C)(O)CCCC(C)CCC1=CC(O)C(C)C(C)=C1OC. The molecule has 4 atom stereocenters. The largest absolute Gasteiger partial charge is 0.497 e. The van der Waals surface area contributed by atoms with Crippen LogP contribution in [0.2, 0.25) is 0 Å². The van der Waals surface area contributed by atoms with Crippen LogP contribution in [0.3, 0.4) is 0 Å². The zero-order valence-electron chi connectivity index (χ0n) is 21.2. The van der Waals surface area contributed by atoms with Gasteiger partial charge in [0.15, 0.2) is 0 Å². The first-order valence-electron chi connectivity index (χ1n) is 12.2. The third-order valence-corrected chi connectivity index (χ3v) is 6.86. The van der Waals surface area contributed by atoms with Crippen LogP contribution in [0.25, 0.3) is 0 Å². The summed E-state index contributed by atoms with van der Waals surface area (Å²) in [4.78, 5) is 0. The summed E-state index contributed by atoms with van der Waals surface area (Å²) < 4.78 is 5.63. The molecule has 0 aromatic rings. The minimum Gasteiger partial charge on any atom is -0.497 e. The van der Waals surface area contributed by atoms with Gasteiger partial charge in [-0.1, -0.05) is 50.5 Å². The lowest BCUT2D eigenvalue weighted by molar-refractivity contribution is 0.0365. The summed E-state index contributed by atoms with van der Waals surface area (Å²) in [6.07, 6.45) is 17.1. The molecule has 0 saturated heterocycles. The zero-order valence-corrected chi connectivity index (χ0v) is 21.2. The predicted octanol–water partition coefficient (Wildman–Crippen LogP) is 7.26. The molecule has 0 fully saturated rings. The monoisotopic (exact) mass is 432 g/mol. The number of hydrogen-bond acceptors (Lipinski definition) is 3. The minimum absolute atomic E-state index is 0.116. The summed E-state index contributed by atoms with van der Waals surface area (Å²) in [6, 6.07) is 0. The maximum atomic E-state index is 10.7. The van der Waals surface area contributed by atoms with Crippen molar-refractivity contribution in [1.82, 2.24) is 0 Å². The molecule has 2 N–H and O–H groups in total. The lowest BCUT2D eigenvalue weighted by atomic mass is 9.84. The van der Waals surface area contributed by atoms with Crippen molar-refractivity contribution in [2.75, 3.05) is 7.11 Å². The van der Waals surface area contributed by atoms with Gasteiger partial charge in [0.05, 0.1) is 18.8 Å². The van der Waals surface area contributed by atoms with Crippen molar-refractivity contribution in [1.29, 1.82) is 0 Å². The molecule has 1 aliphatic rings. The maximum Gasteiger partial charge on any atom is 0.121 e. The number of aliphatic hydroxyl groups excluding tert-OH is 1. The van der Waals surface area contributed by atoms with Gasteiger partial charge in [-0.25, -0.2) is 0 Å². The number of allylic oxidation sites excluding steroid dienone is 5. The van der Waals surface area contributed by atoms with Gasteiger partial charge < -0.3 is 14.9 Å². The van der Waals surface area contributed by atoms with Crippen molar-refractivity contribution in [3.05, 3.63) is 46.8 Å². The van der Waals surface area contributed by atoms with E-state index in [-0.39, 0.29) is 5.92 Å². The Kier molecular flexibility index (Phi) is 12.5. The van der Waals surface area contributed by atoms with Gasteiger partial charge in [-0.2, -0.15) is 0 Å². The van der Waals surface area contributed by atoms with Crippen molar-refractivity contribution in [2.24, 2.45) is 11.8 Å². The first-order chi connectivity index (χ1) is 14.6. The molecule has 3 nitrogen and oxygen atoms in total. The summed E-state index contributed by atoms with van der Waals surface area (Å²) >= 11 is 0. The van der Waals surface area contributed by atoms with E-state index in [9.17, 15) is 10.2 Å². The van der Waals surface area contributed by atoms with Crippen molar-refractivity contribution in [3.8, 4) is 0 Å². The van der Waals surface area contributed by atoms with E-state index < -0.39 is 11.7 Å². The molecule has 31 heavy (non-hydrogen) atoms. The van der Waals surface area contributed by atoms with Crippen LogP contribution in [0.4, 0.5) is 0 Å². The predicted molar refractivity (Wildman–Crippen MR) is 133 cm³/mol. The van der Waals surface area contributed by atoms with Gasteiger partial charge in [0.1, 0.15) is 5.76 Å². The smallest absolute Gasteiger partial charge is 0.121 e. The summed E-state index contributed by atoms with van der Waals surface area (Å²) in [5.41, 5.74) is 3.13. The molecule has 0 aromatic heterocycles. The van der Waals surface area contributed by atoms with Crippen LogP contribution >= 0.6 is 0 Å². The van der Waals surface area contributed by atoms with Gasteiger partial charge >= 0.3 is 0 Å². The Morgan fingerprint density at radius 3 is 2.58 bits per heavy atom. The van der Waals surface area contributed by atoms with E-state index in [0.717, 1.165) is 74.7 Å². The lowest BCUT2D eigenvalue weighted by Gasteiger charge is -2.28. The average molecular weight is 433 g/mol. The van der Waals surface area contributed by atoms with Gasteiger partial charge in [-0.15, -0.1) is 0 Å². The second-order valence-corrected chi connectivity index (χ2v) is 9.93. The quantitative estimate of drug-likeness (QED) is 0.284. The highest BCUT2D eigenvalue weighted by atomic mass is 16.5. The second-order valence-electron chi connectivity index (χ2n) is 9.93. The Morgan fingerprint density at radius 2 is 1.94 bits per heavy atom.